The molecule has 0 radical (unpaired) electrons. The number of carbonyl (C=O) groups excluding carboxylic acids is 1. The van der Waals surface area contributed by atoms with Gasteiger partial charge in [-0.3, -0.25) is 4.79 Å². The van der Waals surface area contributed by atoms with Crippen molar-refractivity contribution in [1.29, 1.82) is 0 Å². The Balaban J connectivity index is 1.66. The van der Waals surface area contributed by atoms with Crippen LogP contribution < -0.4 is 0 Å². The highest BCUT2D eigenvalue weighted by Crippen LogP contribution is 2.14. The van der Waals surface area contributed by atoms with Gasteiger partial charge in [-0.15, -0.1) is 0 Å². The van der Waals surface area contributed by atoms with Crippen molar-refractivity contribution in [2.75, 3.05) is 13.2 Å². The molecule has 112 valence electrons. The van der Waals surface area contributed by atoms with Crippen LogP contribution in [-0.2, 0) is 20.7 Å². The molecule has 6 nitrogen and oxygen atoms in total. The molecule has 1 saturated heterocycles. The van der Waals surface area contributed by atoms with Crippen molar-refractivity contribution in [2.24, 2.45) is 0 Å². The number of carbonyl (C=O) groups is 1. The largest absolute Gasteiger partial charge is 0.463 e. The van der Waals surface area contributed by atoms with E-state index in [0.717, 1.165) is 25.9 Å². The van der Waals surface area contributed by atoms with Crippen LogP contribution >= 0.6 is 0 Å². The fraction of sp³-hybridized carbons (Fsp3) is 0.786. The molecule has 1 aliphatic heterocycles. The SMILES string of the molecule is CC(C)c1noc(CCC(=O)OCC2CCCCO2)n1. The number of aromatic nitrogens is 2. The summed E-state index contributed by atoms with van der Waals surface area (Å²) in [5.41, 5.74) is 0. The van der Waals surface area contributed by atoms with Crippen molar-refractivity contribution < 1.29 is 18.8 Å². The summed E-state index contributed by atoms with van der Waals surface area (Å²) in [7, 11) is 0. The van der Waals surface area contributed by atoms with Gasteiger partial charge in [0.05, 0.1) is 12.5 Å². The standard InChI is InChI=1S/C14H22N2O4/c1-10(2)14-15-12(20-16-14)6-7-13(17)19-9-11-5-3-4-8-18-11/h10-11H,3-9H2,1-2H3. The van der Waals surface area contributed by atoms with Gasteiger partial charge in [0.25, 0.3) is 0 Å². The zero-order valence-corrected chi connectivity index (χ0v) is 12.1. The maximum Gasteiger partial charge on any atom is 0.306 e. The van der Waals surface area contributed by atoms with Gasteiger partial charge >= 0.3 is 5.97 Å². The summed E-state index contributed by atoms with van der Waals surface area (Å²) >= 11 is 0. The molecule has 1 atom stereocenters. The zero-order valence-electron chi connectivity index (χ0n) is 12.1. The minimum Gasteiger partial charge on any atom is -0.463 e. The lowest BCUT2D eigenvalue weighted by atomic mass is 10.1. The topological polar surface area (TPSA) is 74.5 Å². The quantitative estimate of drug-likeness (QED) is 0.745. The summed E-state index contributed by atoms with van der Waals surface area (Å²) in [6.45, 7) is 5.10. The molecule has 0 amide bonds. The summed E-state index contributed by atoms with van der Waals surface area (Å²) < 4.78 is 15.8. The van der Waals surface area contributed by atoms with E-state index < -0.39 is 0 Å². The van der Waals surface area contributed by atoms with Crippen LogP contribution in [0.3, 0.4) is 0 Å². The van der Waals surface area contributed by atoms with E-state index in [1.807, 2.05) is 13.8 Å². The minimum absolute atomic E-state index is 0.0589. The van der Waals surface area contributed by atoms with E-state index in [9.17, 15) is 4.79 Å². The molecule has 0 N–H and O–H groups in total. The Bertz CT molecular complexity index is 425. The van der Waals surface area contributed by atoms with Gasteiger partial charge in [0, 0.05) is 18.9 Å². The van der Waals surface area contributed by atoms with Gasteiger partial charge in [0.15, 0.2) is 5.82 Å². The Labute approximate surface area is 118 Å². The lowest BCUT2D eigenvalue weighted by molar-refractivity contribution is -0.149. The number of ether oxygens (including phenoxy) is 2. The van der Waals surface area contributed by atoms with Crippen molar-refractivity contribution in [2.45, 2.75) is 58.0 Å². The molecule has 0 spiro atoms. The van der Waals surface area contributed by atoms with Gasteiger partial charge in [-0.1, -0.05) is 19.0 Å². The van der Waals surface area contributed by atoms with Crippen molar-refractivity contribution in [1.82, 2.24) is 10.1 Å². The first-order chi connectivity index (χ1) is 9.65. The molecule has 1 aliphatic rings. The van der Waals surface area contributed by atoms with Crippen LogP contribution in [0, 0.1) is 0 Å². The molecular formula is C14H22N2O4. The smallest absolute Gasteiger partial charge is 0.306 e. The van der Waals surface area contributed by atoms with Gasteiger partial charge in [-0.05, 0) is 19.3 Å². The molecule has 1 unspecified atom stereocenters. The Morgan fingerprint density at radius 2 is 2.30 bits per heavy atom. The first kappa shape index (κ1) is 15.0. The van der Waals surface area contributed by atoms with Crippen molar-refractivity contribution in [3.8, 4) is 0 Å². The van der Waals surface area contributed by atoms with E-state index in [-0.39, 0.29) is 24.4 Å². The summed E-state index contributed by atoms with van der Waals surface area (Å²) in [6.07, 6.45) is 3.94. The minimum atomic E-state index is -0.247. The van der Waals surface area contributed by atoms with Crippen molar-refractivity contribution in [3.63, 3.8) is 0 Å². The molecule has 20 heavy (non-hydrogen) atoms. The van der Waals surface area contributed by atoms with E-state index in [2.05, 4.69) is 10.1 Å². The fourth-order valence-electron chi connectivity index (χ4n) is 2.01. The number of nitrogens with zero attached hydrogens (tertiary/aromatic N) is 2. The second-order valence-corrected chi connectivity index (χ2v) is 5.37. The van der Waals surface area contributed by atoms with Crippen molar-refractivity contribution in [3.05, 3.63) is 11.7 Å². The molecule has 0 aromatic carbocycles. The van der Waals surface area contributed by atoms with Gasteiger partial charge in [0.2, 0.25) is 5.89 Å². The molecule has 6 heteroatoms. The average molecular weight is 282 g/mol. The van der Waals surface area contributed by atoms with Crippen molar-refractivity contribution >= 4 is 5.97 Å². The maximum absolute atomic E-state index is 11.6. The highest BCUT2D eigenvalue weighted by molar-refractivity contribution is 5.69. The second kappa shape index (κ2) is 7.38. The van der Waals surface area contributed by atoms with E-state index in [4.69, 9.17) is 14.0 Å². The summed E-state index contributed by atoms with van der Waals surface area (Å²) in [5, 5.41) is 3.85. The zero-order chi connectivity index (χ0) is 14.4. The third kappa shape index (κ3) is 4.59. The molecule has 2 heterocycles. The third-order valence-corrected chi connectivity index (χ3v) is 3.25. The number of rotatable bonds is 6. The van der Waals surface area contributed by atoms with Crippen LogP contribution in [0.15, 0.2) is 4.52 Å². The number of hydrogen-bond donors (Lipinski definition) is 0. The molecule has 0 saturated carbocycles. The third-order valence-electron chi connectivity index (χ3n) is 3.25. The Kier molecular flexibility index (Phi) is 5.52. The van der Waals surface area contributed by atoms with E-state index in [1.54, 1.807) is 0 Å². The predicted octanol–water partition coefficient (Wildman–Crippen LogP) is 2.24. The first-order valence-corrected chi connectivity index (χ1v) is 7.25. The molecule has 1 aromatic heterocycles. The summed E-state index contributed by atoms with van der Waals surface area (Å²) in [5.74, 6) is 1.13. The predicted molar refractivity (Wildman–Crippen MR) is 71.3 cm³/mol. The van der Waals surface area contributed by atoms with Gasteiger partial charge < -0.3 is 14.0 Å². The Morgan fingerprint density at radius 1 is 1.45 bits per heavy atom. The van der Waals surface area contributed by atoms with Gasteiger partial charge in [0.1, 0.15) is 6.61 Å². The number of esters is 1. The molecule has 0 bridgehead atoms. The average Bonchev–Trinajstić information content (AvgIpc) is 2.93. The van der Waals surface area contributed by atoms with Gasteiger partial charge in [-0.2, -0.15) is 4.98 Å². The van der Waals surface area contributed by atoms with E-state index >= 15 is 0 Å². The summed E-state index contributed by atoms with van der Waals surface area (Å²) in [4.78, 5) is 15.9. The summed E-state index contributed by atoms with van der Waals surface area (Å²) in [6, 6.07) is 0. The maximum atomic E-state index is 11.6. The van der Waals surface area contributed by atoms with Crippen LogP contribution in [0.1, 0.15) is 57.2 Å². The van der Waals surface area contributed by atoms with Crippen LogP contribution in [0.2, 0.25) is 0 Å². The lowest BCUT2D eigenvalue weighted by Gasteiger charge is -2.21. The number of aryl methyl sites for hydroxylation is 1. The highest BCUT2D eigenvalue weighted by Gasteiger charge is 2.17. The lowest BCUT2D eigenvalue weighted by Crippen LogP contribution is -2.26. The van der Waals surface area contributed by atoms with E-state index in [0.29, 0.717) is 24.7 Å². The highest BCUT2D eigenvalue weighted by atomic mass is 16.6. The Hall–Kier alpha value is -1.43. The first-order valence-electron chi connectivity index (χ1n) is 7.25. The number of hydrogen-bond acceptors (Lipinski definition) is 6. The van der Waals surface area contributed by atoms with Gasteiger partial charge in [-0.25, -0.2) is 0 Å². The molecule has 2 rings (SSSR count). The molecule has 0 aliphatic carbocycles. The molecular weight excluding hydrogens is 260 g/mol. The normalized spacial score (nSPS) is 19.2. The van der Waals surface area contributed by atoms with E-state index in [1.165, 1.54) is 0 Å². The second-order valence-electron chi connectivity index (χ2n) is 5.37. The molecule has 1 aromatic rings. The Morgan fingerprint density at radius 3 is 2.95 bits per heavy atom. The van der Waals surface area contributed by atoms with Crippen LogP contribution in [0.25, 0.3) is 0 Å². The fourth-order valence-corrected chi connectivity index (χ4v) is 2.01. The van der Waals surface area contributed by atoms with Crippen LogP contribution in [0.5, 0.6) is 0 Å². The van der Waals surface area contributed by atoms with Crippen LogP contribution in [0.4, 0.5) is 0 Å². The van der Waals surface area contributed by atoms with Crippen LogP contribution in [-0.4, -0.2) is 35.4 Å². The monoisotopic (exact) mass is 282 g/mol. The molecule has 1 fully saturated rings.